The first kappa shape index (κ1) is 17.2. The molecule has 9 heteroatoms. The van der Waals surface area contributed by atoms with E-state index in [1.54, 1.807) is 23.6 Å². The van der Waals surface area contributed by atoms with Crippen LogP contribution >= 0.6 is 11.3 Å². The predicted octanol–water partition coefficient (Wildman–Crippen LogP) is 1.96. The SMILES string of the molecule is Cc1cn2nc(N3CCC[C@@H](N(C)Cc4nccc(N)n4)CC3)sc2n1. The van der Waals surface area contributed by atoms with Crippen LogP contribution in [0, 0.1) is 6.92 Å². The summed E-state index contributed by atoms with van der Waals surface area (Å²) in [7, 11) is 2.15. The van der Waals surface area contributed by atoms with Gasteiger partial charge in [-0.05, 0) is 39.3 Å². The van der Waals surface area contributed by atoms with E-state index in [2.05, 4.69) is 31.8 Å². The molecule has 1 fully saturated rings. The molecule has 0 spiro atoms. The number of anilines is 2. The zero-order valence-corrected chi connectivity index (χ0v) is 16.0. The Labute approximate surface area is 156 Å². The van der Waals surface area contributed by atoms with E-state index in [1.165, 1.54) is 0 Å². The molecule has 3 aromatic rings. The summed E-state index contributed by atoms with van der Waals surface area (Å²) in [4.78, 5) is 18.8. The van der Waals surface area contributed by atoms with E-state index < -0.39 is 0 Å². The van der Waals surface area contributed by atoms with E-state index in [1.807, 2.05) is 17.6 Å². The lowest BCUT2D eigenvalue weighted by Gasteiger charge is -2.26. The van der Waals surface area contributed by atoms with Crippen LogP contribution in [0.5, 0.6) is 0 Å². The number of imidazole rings is 1. The second-order valence-corrected chi connectivity index (χ2v) is 7.81. The van der Waals surface area contributed by atoms with E-state index in [0.717, 1.165) is 60.5 Å². The van der Waals surface area contributed by atoms with E-state index in [0.29, 0.717) is 11.9 Å². The standard InChI is InChI=1S/C17H24N8S/c1-12-10-25-16(20-12)26-17(22-25)24-8-3-4-13(6-9-24)23(2)11-15-19-7-5-14(18)21-15/h5,7,10,13H,3-4,6,8-9,11H2,1-2H3,(H2,18,19,21)/t13-/m1/s1. The van der Waals surface area contributed by atoms with Gasteiger partial charge in [-0.3, -0.25) is 4.90 Å². The van der Waals surface area contributed by atoms with E-state index in [9.17, 15) is 0 Å². The zero-order valence-electron chi connectivity index (χ0n) is 15.2. The van der Waals surface area contributed by atoms with Crippen LogP contribution < -0.4 is 10.6 Å². The first-order valence-corrected chi connectivity index (χ1v) is 9.75. The van der Waals surface area contributed by atoms with Crippen LogP contribution in [0.25, 0.3) is 4.96 Å². The summed E-state index contributed by atoms with van der Waals surface area (Å²) in [6.45, 7) is 4.76. The highest BCUT2D eigenvalue weighted by Crippen LogP contribution is 2.26. The number of nitrogens with zero attached hydrogens (tertiary/aromatic N) is 7. The van der Waals surface area contributed by atoms with Crippen molar-refractivity contribution in [3.8, 4) is 0 Å². The maximum Gasteiger partial charge on any atom is 0.214 e. The average molecular weight is 373 g/mol. The van der Waals surface area contributed by atoms with Crippen molar-refractivity contribution in [2.75, 3.05) is 30.8 Å². The van der Waals surface area contributed by atoms with Gasteiger partial charge in [-0.2, -0.15) is 0 Å². The molecular formula is C17H24N8S. The highest BCUT2D eigenvalue weighted by atomic mass is 32.1. The lowest BCUT2D eigenvalue weighted by molar-refractivity contribution is 0.212. The molecule has 0 radical (unpaired) electrons. The van der Waals surface area contributed by atoms with E-state index in [4.69, 9.17) is 10.8 Å². The topological polar surface area (TPSA) is 88.5 Å². The van der Waals surface area contributed by atoms with E-state index in [-0.39, 0.29) is 0 Å². The number of hydrogen-bond donors (Lipinski definition) is 1. The molecule has 8 nitrogen and oxygen atoms in total. The van der Waals surface area contributed by atoms with Crippen LogP contribution in [0.2, 0.25) is 0 Å². The number of nitrogens with two attached hydrogens (primary N) is 1. The average Bonchev–Trinajstić information content (AvgIpc) is 3.02. The summed E-state index contributed by atoms with van der Waals surface area (Å²) in [5, 5.41) is 5.76. The Morgan fingerprint density at radius 2 is 2.19 bits per heavy atom. The molecule has 1 aliphatic heterocycles. The number of nitrogen functional groups attached to an aromatic ring is 1. The van der Waals surface area contributed by atoms with E-state index >= 15 is 0 Å². The molecule has 2 N–H and O–H groups in total. The summed E-state index contributed by atoms with van der Waals surface area (Å²) >= 11 is 1.67. The van der Waals surface area contributed by atoms with Gasteiger partial charge in [0.1, 0.15) is 11.6 Å². The summed E-state index contributed by atoms with van der Waals surface area (Å²) in [5.74, 6) is 1.31. The Morgan fingerprint density at radius 1 is 1.31 bits per heavy atom. The summed E-state index contributed by atoms with van der Waals surface area (Å²) in [5.41, 5.74) is 6.77. The molecule has 4 rings (SSSR count). The van der Waals surface area contributed by atoms with Crippen molar-refractivity contribution in [3.63, 3.8) is 0 Å². The second-order valence-electron chi connectivity index (χ2n) is 6.88. The zero-order chi connectivity index (χ0) is 18.1. The molecule has 0 aliphatic carbocycles. The molecular weight excluding hydrogens is 348 g/mol. The van der Waals surface area contributed by atoms with Crippen molar-refractivity contribution in [2.24, 2.45) is 0 Å². The van der Waals surface area contributed by atoms with Gasteiger partial charge < -0.3 is 10.6 Å². The van der Waals surface area contributed by atoms with Crippen LogP contribution in [0.15, 0.2) is 18.5 Å². The predicted molar refractivity (Wildman–Crippen MR) is 103 cm³/mol. The molecule has 0 amide bonds. The first-order valence-electron chi connectivity index (χ1n) is 8.94. The Balaban J connectivity index is 1.40. The molecule has 1 saturated heterocycles. The fourth-order valence-corrected chi connectivity index (χ4v) is 4.46. The maximum atomic E-state index is 5.76. The first-order chi connectivity index (χ1) is 12.6. The van der Waals surface area contributed by atoms with Gasteiger partial charge in [0, 0.05) is 25.3 Å². The maximum absolute atomic E-state index is 5.76. The minimum atomic E-state index is 0.510. The van der Waals surface area contributed by atoms with Gasteiger partial charge in [0.25, 0.3) is 0 Å². The van der Waals surface area contributed by atoms with Crippen LogP contribution in [0.1, 0.15) is 30.8 Å². The Kier molecular flexibility index (Phi) is 4.73. The minimum Gasteiger partial charge on any atom is -0.384 e. The smallest absolute Gasteiger partial charge is 0.214 e. The fraction of sp³-hybridized carbons (Fsp3) is 0.529. The molecule has 26 heavy (non-hydrogen) atoms. The van der Waals surface area contributed by atoms with Crippen LogP contribution in [-0.2, 0) is 6.54 Å². The third kappa shape index (κ3) is 3.63. The van der Waals surface area contributed by atoms with Gasteiger partial charge in [-0.15, -0.1) is 5.10 Å². The van der Waals surface area contributed by atoms with Crippen molar-refractivity contribution in [3.05, 3.63) is 30.0 Å². The van der Waals surface area contributed by atoms with Gasteiger partial charge in [-0.25, -0.2) is 19.5 Å². The molecule has 0 unspecified atom stereocenters. The Morgan fingerprint density at radius 3 is 3.00 bits per heavy atom. The van der Waals surface area contributed by atoms with Crippen LogP contribution in [-0.4, -0.2) is 55.6 Å². The summed E-state index contributed by atoms with van der Waals surface area (Å²) < 4.78 is 1.89. The van der Waals surface area contributed by atoms with Crippen LogP contribution in [0.3, 0.4) is 0 Å². The molecule has 0 saturated carbocycles. The normalized spacial score (nSPS) is 18.6. The number of hydrogen-bond acceptors (Lipinski definition) is 8. The van der Waals surface area contributed by atoms with Crippen molar-refractivity contribution in [2.45, 2.75) is 38.8 Å². The van der Waals surface area contributed by atoms with Crippen LogP contribution in [0.4, 0.5) is 10.9 Å². The molecule has 3 aromatic heterocycles. The number of fused-ring (bicyclic) bond motifs is 1. The van der Waals surface area contributed by atoms with Gasteiger partial charge in [-0.1, -0.05) is 11.3 Å². The largest absolute Gasteiger partial charge is 0.384 e. The van der Waals surface area contributed by atoms with Crippen molar-refractivity contribution >= 4 is 27.2 Å². The Hall–Kier alpha value is -2.26. The van der Waals surface area contributed by atoms with Gasteiger partial charge in [0.05, 0.1) is 18.4 Å². The van der Waals surface area contributed by atoms with Crippen molar-refractivity contribution in [1.82, 2.24) is 29.5 Å². The lowest BCUT2D eigenvalue weighted by Crippen LogP contribution is -2.33. The molecule has 1 aliphatic rings. The second kappa shape index (κ2) is 7.16. The number of aromatic nitrogens is 5. The summed E-state index contributed by atoms with van der Waals surface area (Å²) in [6, 6.07) is 2.23. The molecule has 0 bridgehead atoms. The van der Waals surface area contributed by atoms with Gasteiger partial charge >= 0.3 is 0 Å². The molecule has 138 valence electrons. The van der Waals surface area contributed by atoms with Crippen molar-refractivity contribution < 1.29 is 0 Å². The Bertz CT molecular complexity index is 856. The highest BCUT2D eigenvalue weighted by molar-refractivity contribution is 7.20. The molecule has 4 heterocycles. The third-order valence-electron chi connectivity index (χ3n) is 4.86. The van der Waals surface area contributed by atoms with Gasteiger partial charge in [0.2, 0.25) is 10.1 Å². The minimum absolute atomic E-state index is 0.510. The number of rotatable bonds is 4. The third-order valence-corrected chi connectivity index (χ3v) is 5.85. The quantitative estimate of drug-likeness (QED) is 0.749. The monoisotopic (exact) mass is 372 g/mol. The number of aryl methyl sites for hydroxylation is 1. The fourth-order valence-electron chi connectivity index (χ4n) is 3.48. The highest BCUT2D eigenvalue weighted by Gasteiger charge is 2.23. The van der Waals surface area contributed by atoms with Crippen molar-refractivity contribution in [1.29, 1.82) is 0 Å². The van der Waals surface area contributed by atoms with Gasteiger partial charge in [0.15, 0.2) is 0 Å². The lowest BCUT2D eigenvalue weighted by atomic mass is 10.1. The molecule has 1 atom stereocenters. The molecule has 0 aromatic carbocycles. The summed E-state index contributed by atoms with van der Waals surface area (Å²) in [6.07, 6.45) is 7.11.